The summed E-state index contributed by atoms with van der Waals surface area (Å²) in [6.45, 7) is 0. The van der Waals surface area contributed by atoms with Crippen LogP contribution < -0.4 is 5.73 Å². The van der Waals surface area contributed by atoms with Gasteiger partial charge in [-0.05, 0) is 31.3 Å². The molecule has 3 N–H and O–H groups in total. The van der Waals surface area contributed by atoms with Gasteiger partial charge in [-0.3, -0.25) is 0 Å². The van der Waals surface area contributed by atoms with Crippen molar-refractivity contribution in [1.29, 1.82) is 0 Å². The van der Waals surface area contributed by atoms with Gasteiger partial charge in [-0.2, -0.15) is 0 Å². The minimum atomic E-state index is -0.0249. The highest BCUT2D eigenvalue weighted by atomic mass is 14.9. The number of imidazole rings is 1. The van der Waals surface area contributed by atoms with E-state index < -0.39 is 0 Å². The van der Waals surface area contributed by atoms with Crippen LogP contribution in [0.15, 0.2) is 24.0 Å². The number of hydrogen-bond donors (Lipinski definition) is 2. The monoisotopic (exact) mass is 191 g/mol. The molecule has 0 aromatic carbocycles. The van der Waals surface area contributed by atoms with Gasteiger partial charge in [0.1, 0.15) is 5.82 Å². The first-order valence-electron chi connectivity index (χ1n) is 5.31. The van der Waals surface area contributed by atoms with E-state index in [1.165, 1.54) is 31.3 Å². The van der Waals surface area contributed by atoms with Crippen LogP contribution in [-0.4, -0.2) is 9.97 Å². The first-order valence-corrected chi connectivity index (χ1v) is 5.31. The Balaban J connectivity index is 2.10. The van der Waals surface area contributed by atoms with Crippen molar-refractivity contribution in [2.24, 2.45) is 5.73 Å². The summed E-state index contributed by atoms with van der Waals surface area (Å²) in [4.78, 5) is 7.28. The molecule has 1 heterocycles. The molecule has 0 radical (unpaired) electrons. The number of H-pyrrole nitrogens is 1. The fourth-order valence-corrected chi connectivity index (χ4v) is 1.95. The fourth-order valence-electron chi connectivity index (χ4n) is 1.95. The quantitative estimate of drug-likeness (QED) is 0.705. The maximum Gasteiger partial charge on any atom is 0.127 e. The van der Waals surface area contributed by atoms with Crippen LogP contribution in [-0.2, 0) is 0 Å². The van der Waals surface area contributed by atoms with Crippen LogP contribution in [0.4, 0.5) is 0 Å². The average Bonchev–Trinajstić information content (AvgIpc) is 2.59. The summed E-state index contributed by atoms with van der Waals surface area (Å²) in [5.74, 6) is 0.887. The third kappa shape index (κ3) is 2.04. The van der Waals surface area contributed by atoms with Crippen LogP contribution in [0.3, 0.4) is 0 Å². The lowest BCUT2D eigenvalue weighted by Gasteiger charge is -2.12. The van der Waals surface area contributed by atoms with Crippen LogP contribution in [0.25, 0.3) is 0 Å². The lowest BCUT2D eigenvalue weighted by Crippen LogP contribution is -2.14. The maximum atomic E-state index is 6.12. The van der Waals surface area contributed by atoms with Crippen LogP contribution >= 0.6 is 0 Å². The van der Waals surface area contributed by atoms with Gasteiger partial charge in [-0.25, -0.2) is 4.98 Å². The highest BCUT2D eigenvalue weighted by Gasteiger charge is 2.14. The second kappa shape index (κ2) is 4.42. The van der Waals surface area contributed by atoms with Gasteiger partial charge in [0.15, 0.2) is 0 Å². The number of nitrogens with zero attached hydrogens (tertiary/aromatic N) is 1. The van der Waals surface area contributed by atoms with E-state index >= 15 is 0 Å². The topological polar surface area (TPSA) is 54.7 Å². The maximum absolute atomic E-state index is 6.12. The predicted octanol–water partition coefficient (Wildman–Crippen LogP) is 2.30. The zero-order valence-electron chi connectivity index (χ0n) is 8.37. The fraction of sp³-hybridized carbons (Fsp3) is 0.545. The van der Waals surface area contributed by atoms with E-state index in [0.717, 1.165) is 12.2 Å². The average molecular weight is 191 g/mol. The van der Waals surface area contributed by atoms with Gasteiger partial charge in [-0.15, -0.1) is 0 Å². The normalized spacial score (nSPS) is 19.9. The van der Waals surface area contributed by atoms with Crippen molar-refractivity contribution >= 4 is 0 Å². The summed E-state index contributed by atoms with van der Waals surface area (Å²) in [6, 6.07) is -0.0249. The van der Waals surface area contributed by atoms with Crippen molar-refractivity contribution in [3.8, 4) is 0 Å². The predicted molar refractivity (Wildman–Crippen MR) is 56.7 cm³/mol. The van der Waals surface area contributed by atoms with E-state index in [9.17, 15) is 0 Å². The Labute approximate surface area is 84.4 Å². The Hall–Kier alpha value is -1.09. The molecule has 2 rings (SSSR count). The Kier molecular flexibility index (Phi) is 2.99. The molecule has 0 saturated carbocycles. The number of hydrogen-bond acceptors (Lipinski definition) is 2. The molecular weight excluding hydrogens is 174 g/mol. The number of nitrogens with one attached hydrogen (secondary N) is 1. The van der Waals surface area contributed by atoms with E-state index in [2.05, 4.69) is 16.0 Å². The van der Waals surface area contributed by atoms with Crippen molar-refractivity contribution in [2.45, 2.75) is 38.1 Å². The Morgan fingerprint density at radius 3 is 3.07 bits per heavy atom. The molecular formula is C11H17N3. The Morgan fingerprint density at radius 1 is 1.36 bits per heavy atom. The molecule has 0 aliphatic heterocycles. The molecule has 1 aliphatic rings. The summed E-state index contributed by atoms with van der Waals surface area (Å²) in [7, 11) is 0. The molecule has 0 fully saturated rings. The SMILES string of the molecule is NC(C1=CCCCCC1)c1ncc[nH]1. The highest BCUT2D eigenvalue weighted by Crippen LogP contribution is 2.25. The number of nitrogens with two attached hydrogens (primary N) is 1. The molecule has 0 bridgehead atoms. The minimum absolute atomic E-state index is 0.0249. The molecule has 1 aromatic heterocycles. The lowest BCUT2D eigenvalue weighted by atomic mass is 10.0. The van der Waals surface area contributed by atoms with Crippen LogP contribution in [0.5, 0.6) is 0 Å². The van der Waals surface area contributed by atoms with E-state index in [4.69, 9.17) is 5.73 Å². The summed E-state index contributed by atoms with van der Waals surface area (Å²) in [5.41, 5.74) is 7.47. The molecule has 3 nitrogen and oxygen atoms in total. The third-order valence-corrected chi connectivity index (χ3v) is 2.79. The summed E-state index contributed by atoms with van der Waals surface area (Å²) >= 11 is 0. The molecule has 0 spiro atoms. The zero-order valence-corrected chi connectivity index (χ0v) is 8.37. The number of aromatic amines is 1. The standard InChI is InChI=1S/C11H17N3/c12-10(11-13-7-8-14-11)9-5-3-1-2-4-6-9/h5,7-8,10H,1-4,6,12H2,(H,13,14). The molecule has 76 valence electrons. The van der Waals surface area contributed by atoms with Crippen molar-refractivity contribution in [3.05, 3.63) is 29.9 Å². The van der Waals surface area contributed by atoms with Gasteiger partial charge in [0, 0.05) is 12.4 Å². The smallest absolute Gasteiger partial charge is 0.127 e. The van der Waals surface area contributed by atoms with Crippen LogP contribution in [0.1, 0.15) is 44.0 Å². The van der Waals surface area contributed by atoms with E-state index in [0.29, 0.717) is 0 Å². The number of rotatable bonds is 2. The molecule has 1 atom stereocenters. The van der Waals surface area contributed by atoms with Crippen molar-refractivity contribution in [1.82, 2.24) is 9.97 Å². The van der Waals surface area contributed by atoms with Crippen molar-refractivity contribution < 1.29 is 0 Å². The third-order valence-electron chi connectivity index (χ3n) is 2.79. The first-order chi connectivity index (χ1) is 6.88. The second-order valence-corrected chi connectivity index (χ2v) is 3.83. The van der Waals surface area contributed by atoms with E-state index in [-0.39, 0.29) is 6.04 Å². The van der Waals surface area contributed by atoms with Gasteiger partial charge >= 0.3 is 0 Å². The highest BCUT2D eigenvalue weighted by molar-refractivity contribution is 5.17. The Bertz CT molecular complexity index is 300. The molecule has 0 saturated heterocycles. The molecule has 3 heteroatoms. The number of aromatic nitrogens is 2. The van der Waals surface area contributed by atoms with Crippen LogP contribution in [0.2, 0.25) is 0 Å². The second-order valence-electron chi connectivity index (χ2n) is 3.83. The van der Waals surface area contributed by atoms with Gasteiger partial charge in [0.2, 0.25) is 0 Å². The molecule has 1 unspecified atom stereocenters. The lowest BCUT2D eigenvalue weighted by molar-refractivity contribution is 0.676. The molecule has 0 amide bonds. The largest absolute Gasteiger partial charge is 0.347 e. The van der Waals surface area contributed by atoms with Gasteiger partial charge < -0.3 is 10.7 Å². The van der Waals surface area contributed by atoms with E-state index in [1.807, 2.05) is 6.20 Å². The molecule has 14 heavy (non-hydrogen) atoms. The van der Waals surface area contributed by atoms with Gasteiger partial charge in [0.05, 0.1) is 6.04 Å². The summed E-state index contributed by atoms with van der Waals surface area (Å²) < 4.78 is 0. The van der Waals surface area contributed by atoms with Crippen molar-refractivity contribution in [2.75, 3.05) is 0 Å². The minimum Gasteiger partial charge on any atom is -0.347 e. The molecule has 1 aliphatic carbocycles. The Morgan fingerprint density at radius 2 is 2.29 bits per heavy atom. The number of allylic oxidation sites excluding steroid dienone is 1. The first kappa shape index (κ1) is 9.46. The van der Waals surface area contributed by atoms with Crippen LogP contribution in [0, 0.1) is 0 Å². The van der Waals surface area contributed by atoms with E-state index in [1.54, 1.807) is 6.20 Å². The summed E-state index contributed by atoms with van der Waals surface area (Å²) in [6.07, 6.45) is 12.1. The van der Waals surface area contributed by atoms with Gasteiger partial charge in [0.25, 0.3) is 0 Å². The van der Waals surface area contributed by atoms with Crippen molar-refractivity contribution in [3.63, 3.8) is 0 Å². The summed E-state index contributed by atoms with van der Waals surface area (Å²) in [5, 5.41) is 0. The van der Waals surface area contributed by atoms with Gasteiger partial charge in [-0.1, -0.05) is 12.5 Å². The molecule has 1 aromatic rings. The zero-order chi connectivity index (χ0) is 9.80.